The molecule has 0 radical (unpaired) electrons. The molecule has 12 heteroatoms. The van der Waals surface area contributed by atoms with E-state index >= 15 is 0 Å². The normalized spacial score (nSPS) is 15.6. The van der Waals surface area contributed by atoms with Gasteiger partial charge in [-0.25, -0.2) is 4.72 Å². The molecule has 1 saturated heterocycles. The molecule has 0 saturated carbocycles. The van der Waals surface area contributed by atoms with Gasteiger partial charge in [-0.1, -0.05) is 6.07 Å². The zero-order valence-electron chi connectivity index (χ0n) is 14.7. The van der Waals surface area contributed by atoms with Crippen LogP contribution in [0.5, 0.6) is 0 Å². The summed E-state index contributed by atoms with van der Waals surface area (Å²) in [5.74, 6) is -0.996. The highest BCUT2D eigenvalue weighted by Crippen LogP contribution is 2.32. The van der Waals surface area contributed by atoms with Crippen LogP contribution in [0, 0.1) is 6.92 Å². The maximum Gasteiger partial charge on any atom is 0.416 e. The standard InChI is InChI=1S/C16H17F3N4O4S/c1-10-4-5-11(16(17,18)19)8-12(10)20-15-21-13(9-27-15)14(24)22-28(25,26)23-6-2-3-7-23/h4-5,8-9H,2-3,6-7H2,1H3,(H,20,21)(H,22,24). The molecule has 1 amide bonds. The highest BCUT2D eigenvalue weighted by Gasteiger charge is 2.31. The minimum absolute atomic E-state index is 0.0910. The lowest BCUT2D eigenvalue weighted by molar-refractivity contribution is -0.137. The van der Waals surface area contributed by atoms with Crippen molar-refractivity contribution in [3.63, 3.8) is 0 Å². The quantitative estimate of drug-likeness (QED) is 0.774. The average molecular weight is 418 g/mol. The van der Waals surface area contributed by atoms with Gasteiger partial charge < -0.3 is 9.73 Å². The molecule has 28 heavy (non-hydrogen) atoms. The van der Waals surface area contributed by atoms with Crippen molar-refractivity contribution in [3.05, 3.63) is 41.3 Å². The lowest BCUT2D eigenvalue weighted by Gasteiger charge is -2.14. The molecule has 1 aliphatic heterocycles. The fourth-order valence-electron chi connectivity index (χ4n) is 2.65. The zero-order chi connectivity index (χ0) is 20.5. The van der Waals surface area contributed by atoms with Crippen LogP contribution in [-0.2, 0) is 16.4 Å². The molecule has 1 aliphatic rings. The molecule has 1 fully saturated rings. The number of anilines is 2. The van der Waals surface area contributed by atoms with E-state index in [1.54, 1.807) is 6.92 Å². The second-order valence-electron chi connectivity index (χ2n) is 6.23. The second-order valence-corrected chi connectivity index (χ2v) is 7.90. The molecule has 2 N–H and O–H groups in total. The molecule has 0 spiro atoms. The molecule has 0 atom stereocenters. The second kappa shape index (κ2) is 7.43. The SMILES string of the molecule is Cc1ccc(C(F)(F)F)cc1Nc1nc(C(=O)NS(=O)(=O)N2CCCC2)co1. The van der Waals surface area contributed by atoms with E-state index in [1.165, 1.54) is 6.07 Å². The van der Waals surface area contributed by atoms with Gasteiger partial charge in [-0.05, 0) is 37.5 Å². The topological polar surface area (TPSA) is 105 Å². The Kier molecular flexibility index (Phi) is 5.35. The number of alkyl halides is 3. The summed E-state index contributed by atoms with van der Waals surface area (Å²) in [7, 11) is -3.98. The van der Waals surface area contributed by atoms with Crippen LogP contribution in [0.2, 0.25) is 0 Å². The number of carbonyl (C=O) groups is 1. The molecule has 0 aliphatic carbocycles. The summed E-state index contributed by atoms with van der Waals surface area (Å²) >= 11 is 0. The molecule has 0 bridgehead atoms. The lowest BCUT2D eigenvalue weighted by Crippen LogP contribution is -2.42. The fraction of sp³-hybridized carbons (Fsp3) is 0.375. The number of carbonyl (C=O) groups excluding carboxylic acids is 1. The van der Waals surface area contributed by atoms with Gasteiger partial charge in [-0.3, -0.25) is 4.79 Å². The minimum atomic E-state index is -4.52. The Labute approximate surface area is 158 Å². The molecule has 0 unspecified atom stereocenters. The number of aryl methyl sites for hydroxylation is 1. The molecule has 1 aromatic heterocycles. The van der Waals surface area contributed by atoms with E-state index in [1.807, 2.05) is 4.72 Å². The third-order valence-corrected chi connectivity index (χ3v) is 5.66. The van der Waals surface area contributed by atoms with E-state index in [4.69, 9.17) is 4.42 Å². The third kappa shape index (κ3) is 4.44. The zero-order valence-corrected chi connectivity index (χ0v) is 15.5. The number of nitrogens with one attached hydrogen (secondary N) is 2. The number of amides is 1. The first-order valence-electron chi connectivity index (χ1n) is 8.29. The number of nitrogens with zero attached hydrogens (tertiary/aromatic N) is 2. The van der Waals surface area contributed by atoms with Crippen molar-refractivity contribution in [2.75, 3.05) is 18.4 Å². The molecule has 8 nitrogen and oxygen atoms in total. The number of hydrogen-bond acceptors (Lipinski definition) is 6. The molecule has 2 heterocycles. The van der Waals surface area contributed by atoms with Gasteiger partial charge >= 0.3 is 16.4 Å². The van der Waals surface area contributed by atoms with Crippen molar-refractivity contribution < 1.29 is 30.8 Å². The van der Waals surface area contributed by atoms with Gasteiger partial charge in [-0.15, -0.1) is 0 Å². The number of rotatable bonds is 5. The number of halogens is 3. The summed E-state index contributed by atoms with van der Waals surface area (Å²) in [5.41, 5.74) is -0.598. The van der Waals surface area contributed by atoms with Gasteiger partial charge in [0, 0.05) is 18.8 Å². The van der Waals surface area contributed by atoms with Crippen molar-refractivity contribution in [2.24, 2.45) is 0 Å². The Hall–Kier alpha value is -2.60. The van der Waals surface area contributed by atoms with Crippen LogP contribution < -0.4 is 10.0 Å². The Balaban J connectivity index is 1.73. The first-order chi connectivity index (χ1) is 13.1. The van der Waals surface area contributed by atoms with E-state index in [-0.39, 0.29) is 17.4 Å². The largest absolute Gasteiger partial charge is 0.431 e. The van der Waals surface area contributed by atoms with Gasteiger partial charge in [-0.2, -0.15) is 30.9 Å². The van der Waals surface area contributed by atoms with E-state index < -0.39 is 27.9 Å². The van der Waals surface area contributed by atoms with Crippen LogP contribution in [-0.4, -0.2) is 36.7 Å². The van der Waals surface area contributed by atoms with Gasteiger partial charge in [0.1, 0.15) is 6.26 Å². The van der Waals surface area contributed by atoms with Crippen LogP contribution in [0.15, 0.2) is 28.9 Å². The fourth-order valence-corrected chi connectivity index (χ4v) is 3.85. The lowest BCUT2D eigenvalue weighted by atomic mass is 10.1. The number of oxazole rings is 1. The van der Waals surface area contributed by atoms with Crippen molar-refractivity contribution in [2.45, 2.75) is 25.9 Å². The highest BCUT2D eigenvalue weighted by molar-refractivity contribution is 7.87. The Morgan fingerprint density at radius 3 is 2.57 bits per heavy atom. The monoisotopic (exact) mass is 418 g/mol. The Bertz CT molecular complexity index is 982. The van der Waals surface area contributed by atoms with E-state index in [2.05, 4.69) is 10.3 Å². The summed E-state index contributed by atoms with van der Waals surface area (Å²) in [6, 6.07) is 2.87. The van der Waals surface area contributed by atoms with Crippen LogP contribution in [0.4, 0.5) is 24.9 Å². The number of benzene rings is 1. The van der Waals surface area contributed by atoms with Crippen LogP contribution >= 0.6 is 0 Å². The predicted molar refractivity (Wildman–Crippen MR) is 93.2 cm³/mol. The number of hydrogen-bond donors (Lipinski definition) is 2. The summed E-state index contributed by atoms with van der Waals surface area (Å²) in [5, 5.41) is 2.56. The highest BCUT2D eigenvalue weighted by atomic mass is 32.2. The van der Waals surface area contributed by atoms with Crippen molar-refractivity contribution in [3.8, 4) is 0 Å². The molecule has 2 aromatic rings. The van der Waals surface area contributed by atoms with Gasteiger partial charge in [0.15, 0.2) is 5.69 Å². The molecule has 3 rings (SSSR count). The summed E-state index contributed by atoms with van der Waals surface area (Å²) < 4.78 is 70.8. The molecular weight excluding hydrogens is 401 g/mol. The maximum atomic E-state index is 12.9. The van der Waals surface area contributed by atoms with Crippen LogP contribution in [0.25, 0.3) is 0 Å². The summed E-state index contributed by atoms with van der Waals surface area (Å²) in [6.07, 6.45) is -2.18. The van der Waals surface area contributed by atoms with Gasteiger partial charge in [0.05, 0.1) is 5.56 Å². The third-order valence-electron chi connectivity index (χ3n) is 4.17. The predicted octanol–water partition coefficient (Wildman–Crippen LogP) is 2.82. The first kappa shape index (κ1) is 20.1. The van der Waals surface area contributed by atoms with E-state index in [0.717, 1.165) is 22.7 Å². The molecule has 1 aromatic carbocycles. The molecular formula is C16H17F3N4O4S. The molecule has 152 valence electrons. The van der Waals surface area contributed by atoms with Gasteiger partial charge in [0.2, 0.25) is 0 Å². The van der Waals surface area contributed by atoms with Gasteiger partial charge in [0.25, 0.3) is 11.9 Å². The first-order valence-corrected chi connectivity index (χ1v) is 9.73. The van der Waals surface area contributed by atoms with E-state index in [9.17, 15) is 26.4 Å². The van der Waals surface area contributed by atoms with Crippen LogP contribution in [0.3, 0.4) is 0 Å². The maximum absolute atomic E-state index is 12.9. The van der Waals surface area contributed by atoms with Crippen molar-refractivity contribution >= 4 is 27.8 Å². The van der Waals surface area contributed by atoms with E-state index in [0.29, 0.717) is 31.5 Å². The number of aromatic nitrogens is 1. The summed E-state index contributed by atoms with van der Waals surface area (Å²) in [6.45, 7) is 2.23. The Morgan fingerprint density at radius 1 is 1.25 bits per heavy atom. The Morgan fingerprint density at radius 2 is 1.93 bits per heavy atom. The average Bonchev–Trinajstić information content (AvgIpc) is 3.27. The summed E-state index contributed by atoms with van der Waals surface area (Å²) in [4.78, 5) is 15.9. The van der Waals surface area contributed by atoms with Crippen LogP contribution in [0.1, 0.15) is 34.5 Å². The minimum Gasteiger partial charge on any atom is -0.431 e. The van der Waals surface area contributed by atoms with Crippen molar-refractivity contribution in [1.29, 1.82) is 0 Å². The smallest absolute Gasteiger partial charge is 0.416 e. The van der Waals surface area contributed by atoms with Crippen molar-refractivity contribution in [1.82, 2.24) is 14.0 Å².